The Kier molecular flexibility index (Phi) is 7.82. The molecule has 1 aromatic carbocycles. The number of fused-ring (bicyclic) bond motifs is 1. The van der Waals surface area contributed by atoms with Gasteiger partial charge in [-0.05, 0) is 55.5 Å². The molecule has 0 saturated carbocycles. The van der Waals surface area contributed by atoms with Gasteiger partial charge in [0.15, 0.2) is 0 Å². The van der Waals surface area contributed by atoms with Crippen molar-refractivity contribution in [2.45, 2.75) is 63.4 Å². The highest BCUT2D eigenvalue weighted by molar-refractivity contribution is 7.89. The van der Waals surface area contributed by atoms with Crippen molar-refractivity contribution >= 4 is 44.1 Å². The summed E-state index contributed by atoms with van der Waals surface area (Å²) in [5, 5.41) is 5.89. The molecule has 2 aromatic rings. The lowest BCUT2D eigenvalue weighted by atomic mass is 10.0. The summed E-state index contributed by atoms with van der Waals surface area (Å²) >= 11 is 1.29. The molecule has 3 heterocycles. The van der Waals surface area contributed by atoms with Gasteiger partial charge in [-0.3, -0.25) is 14.4 Å². The number of sulfonamides is 1. The first-order valence-electron chi connectivity index (χ1n) is 12.2. The summed E-state index contributed by atoms with van der Waals surface area (Å²) in [5.41, 5.74) is 1.56. The summed E-state index contributed by atoms with van der Waals surface area (Å²) in [7, 11) is -2.11. The SMILES string of the molecule is CC[C@H]1CCCCN1S(=O)(=O)c1ccc(C(=O)Nc2sc3c(c2C(=O)NC)CCN(C(C)=O)C3)cc1. The molecule has 9 nitrogen and oxygen atoms in total. The van der Waals surface area contributed by atoms with Gasteiger partial charge in [-0.2, -0.15) is 4.31 Å². The van der Waals surface area contributed by atoms with E-state index in [2.05, 4.69) is 10.6 Å². The summed E-state index contributed by atoms with van der Waals surface area (Å²) in [6.45, 7) is 4.94. The minimum absolute atomic E-state index is 0.00125. The Morgan fingerprint density at radius 2 is 1.81 bits per heavy atom. The molecule has 11 heteroatoms. The van der Waals surface area contributed by atoms with E-state index in [1.165, 1.54) is 49.6 Å². The number of amides is 3. The van der Waals surface area contributed by atoms with Gasteiger partial charge in [-0.1, -0.05) is 13.3 Å². The van der Waals surface area contributed by atoms with E-state index in [-0.39, 0.29) is 22.8 Å². The highest BCUT2D eigenvalue weighted by Gasteiger charge is 2.33. The number of benzene rings is 1. The normalized spacial score (nSPS) is 18.4. The predicted molar refractivity (Wildman–Crippen MR) is 139 cm³/mol. The summed E-state index contributed by atoms with van der Waals surface area (Å²) in [5.74, 6) is -0.769. The van der Waals surface area contributed by atoms with Crippen molar-refractivity contribution in [3.05, 3.63) is 45.8 Å². The molecule has 4 rings (SSSR count). The third kappa shape index (κ3) is 5.05. The highest BCUT2D eigenvalue weighted by Crippen LogP contribution is 2.37. The number of anilines is 1. The van der Waals surface area contributed by atoms with Gasteiger partial charge >= 0.3 is 0 Å². The number of hydrogen-bond donors (Lipinski definition) is 2. The van der Waals surface area contributed by atoms with Gasteiger partial charge in [0.25, 0.3) is 11.8 Å². The fraction of sp³-hybridized carbons (Fsp3) is 0.480. The molecule has 0 bridgehead atoms. The van der Waals surface area contributed by atoms with Crippen LogP contribution < -0.4 is 10.6 Å². The van der Waals surface area contributed by atoms with Gasteiger partial charge in [0, 0.05) is 43.5 Å². The van der Waals surface area contributed by atoms with Crippen molar-refractivity contribution < 1.29 is 22.8 Å². The molecule has 2 aliphatic rings. The van der Waals surface area contributed by atoms with E-state index >= 15 is 0 Å². The number of thiophene rings is 1. The lowest BCUT2D eigenvalue weighted by molar-refractivity contribution is -0.129. The van der Waals surface area contributed by atoms with E-state index in [9.17, 15) is 22.8 Å². The lowest BCUT2D eigenvalue weighted by Crippen LogP contribution is -2.43. The zero-order valence-electron chi connectivity index (χ0n) is 20.8. The van der Waals surface area contributed by atoms with Gasteiger partial charge in [0.2, 0.25) is 15.9 Å². The number of nitrogens with one attached hydrogen (secondary N) is 2. The van der Waals surface area contributed by atoms with Crippen LogP contribution in [0.1, 0.15) is 70.7 Å². The molecule has 1 fully saturated rings. The van der Waals surface area contributed by atoms with Crippen LogP contribution in [0.25, 0.3) is 0 Å². The molecular weight excluding hydrogens is 500 g/mol. The second kappa shape index (κ2) is 10.7. The quantitative estimate of drug-likeness (QED) is 0.593. The molecule has 0 spiro atoms. The Morgan fingerprint density at radius 1 is 1.08 bits per heavy atom. The topological polar surface area (TPSA) is 116 Å². The van der Waals surface area contributed by atoms with E-state index < -0.39 is 15.9 Å². The fourth-order valence-electron chi connectivity index (χ4n) is 4.91. The fourth-order valence-corrected chi connectivity index (χ4v) is 7.94. The Morgan fingerprint density at radius 3 is 2.44 bits per heavy atom. The number of piperidine rings is 1. The van der Waals surface area contributed by atoms with Crippen LogP contribution in [0.15, 0.2) is 29.2 Å². The van der Waals surface area contributed by atoms with Gasteiger partial charge in [0.05, 0.1) is 17.0 Å². The first-order valence-corrected chi connectivity index (χ1v) is 14.5. The zero-order valence-corrected chi connectivity index (χ0v) is 22.4. The number of carbonyl (C=O) groups is 3. The Balaban J connectivity index is 1.56. The molecular formula is C25H32N4O5S2. The predicted octanol–water partition coefficient (Wildman–Crippen LogP) is 3.22. The maximum absolute atomic E-state index is 13.2. The molecule has 0 unspecified atom stereocenters. The van der Waals surface area contributed by atoms with Crippen LogP contribution >= 0.6 is 11.3 Å². The van der Waals surface area contributed by atoms with Crippen molar-refractivity contribution in [1.82, 2.24) is 14.5 Å². The molecule has 0 aliphatic carbocycles. The summed E-state index contributed by atoms with van der Waals surface area (Å²) in [6.07, 6.45) is 4.03. The van der Waals surface area contributed by atoms with Crippen LogP contribution in [-0.4, -0.2) is 61.5 Å². The molecule has 0 radical (unpaired) electrons. The largest absolute Gasteiger partial charge is 0.355 e. The molecule has 194 valence electrons. The Bertz CT molecular complexity index is 1270. The first kappa shape index (κ1) is 26.3. The number of hydrogen-bond acceptors (Lipinski definition) is 6. The summed E-state index contributed by atoms with van der Waals surface area (Å²) in [4.78, 5) is 40.3. The van der Waals surface area contributed by atoms with Gasteiger partial charge < -0.3 is 15.5 Å². The summed E-state index contributed by atoms with van der Waals surface area (Å²) in [6, 6.07) is 5.93. The molecule has 1 aromatic heterocycles. The van der Waals surface area contributed by atoms with Crippen molar-refractivity contribution in [2.24, 2.45) is 0 Å². The monoisotopic (exact) mass is 532 g/mol. The van der Waals surface area contributed by atoms with Crippen LogP contribution in [0.3, 0.4) is 0 Å². The van der Waals surface area contributed by atoms with Crippen LogP contribution in [0.4, 0.5) is 5.00 Å². The van der Waals surface area contributed by atoms with E-state index in [1.54, 1.807) is 9.21 Å². The van der Waals surface area contributed by atoms with Crippen molar-refractivity contribution in [2.75, 3.05) is 25.5 Å². The Labute approximate surface area is 215 Å². The van der Waals surface area contributed by atoms with Gasteiger partial charge in [-0.25, -0.2) is 8.42 Å². The molecule has 1 atom stereocenters. The minimum atomic E-state index is -3.64. The van der Waals surface area contributed by atoms with E-state index in [0.717, 1.165) is 36.1 Å². The number of carbonyl (C=O) groups excluding carboxylic acids is 3. The standard InChI is InChI=1S/C25H32N4O5S2/c1-4-18-7-5-6-13-29(18)36(33,34)19-10-8-17(9-11-19)23(31)27-25-22(24(32)26-3)20-12-14-28(16(2)30)15-21(20)35-25/h8-11,18H,4-7,12-15H2,1-3H3,(H,26,32)(H,27,31)/t18-/m0/s1. The molecule has 3 amide bonds. The molecule has 2 N–H and O–H groups in total. The van der Waals surface area contributed by atoms with Crippen molar-refractivity contribution in [3.8, 4) is 0 Å². The number of nitrogens with zero attached hydrogens (tertiary/aromatic N) is 2. The maximum atomic E-state index is 13.2. The van der Waals surface area contributed by atoms with E-state index in [0.29, 0.717) is 42.2 Å². The Hall–Kier alpha value is -2.76. The van der Waals surface area contributed by atoms with E-state index in [1.807, 2.05) is 6.92 Å². The third-order valence-corrected chi connectivity index (χ3v) is 10.0. The zero-order chi connectivity index (χ0) is 26.0. The van der Waals surface area contributed by atoms with Gasteiger partial charge in [-0.15, -0.1) is 11.3 Å². The molecule has 36 heavy (non-hydrogen) atoms. The van der Waals surface area contributed by atoms with Crippen LogP contribution in [0.5, 0.6) is 0 Å². The second-order valence-corrected chi connectivity index (χ2v) is 12.1. The second-order valence-electron chi connectivity index (χ2n) is 9.13. The third-order valence-electron chi connectivity index (χ3n) is 6.95. The number of rotatable bonds is 6. The smallest absolute Gasteiger partial charge is 0.256 e. The van der Waals surface area contributed by atoms with Crippen LogP contribution in [0.2, 0.25) is 0 Å². The highest BCUT2D eigenvalue weighted by atomic mass is 32.2. The molecule has 1 saturated heterocycles. The minimum Gasteiger partial charge on any atom is -0.355 e. The average molecular weight is 533 g/mol. The average Bonchev–Trinajstić information content (AvgIpc) is 3.25. The van der Waals surface area contributed by atoms with Crippen molar-refractivity contribution in [1.29, 1.82) is 0 Å². The lowest BCUT2D eigenvalue weighted by Gasteiger charge is -2.34. The van der Waals surface area contributed by atoms with Crippen molar-refractivity contribution in [3.63, 3.8) is 0 Å². The maximum Gasteiger partial charge on any atom is 0.256 e. The summed E-state index contributed by atoms with van der Waals surface area (Å²) < 4.78 is 28.0. The van der Waals surface area contributed by atoms with Crippen LogP contribution in [-0.2, 0) is 27.8 Å². The first-order chi connectivity index (χ1) is 17.2. The van der Waals surface area contributed by atoms with E-state index in [4.69, 9.17) is 0 Å². The molecule has 2 aliphatic heterocycles. The van der Waals surface area contributed by atoms with Gasteiger partial charge in [0.1, 0.15) is 5.00 Å². The van der Waals surface area contributed by atoms with Crippen LogP contribution in [0, 0.1) is 0 Å².